The third-order valence-corrected chi connectivity index (χ3v) is 3.92. The van der Waals surface area contributed by atoms with Crippen LogP contribution in [0, 0.1) is 0 Å². The maximum Gasteiger partial charge on any atom is 0.431 e. The van der Waals surface area contributed by atoms with Gasteiger partial charge in [-0.1, -0.05) is 25.8 Å². The Kier molecular flexibility index (Phi) is 4.34. The van der Waals surface area contributed by atoms with E-state index in [4.69, 9.17) is 0 Å². The van der Waals surface area contributed by atoms with Crippen molar-refractivity contribution in [2.45, 2.75) is 38.8 Å². The molecule has 0 atom stereocenters. The largest absolute Gasteiger partial charge is 0.431 e. The van der Waals surface area contributed by atoms with Crippen LogP contribution >= 0.6 is 11.3 Å². The normalized spacial score (nSPS) is 12.0. The third kappa shape index (κ3) is 3.41. The Morgan fingerprint density at radius 2 is 2.05 bits per heavy atom. The van der Waals surface area contributed by atoms with Gasteiger partial charge in [0.15, 0.2) is 0 Å². The Bertz CT molecular complexity index is 511. The number of hydrogen-bond donors (Lipinski definition) is 1. The van der Waals surface area contributed by atoms with E-state index in [0.717, 1.165) is 24.1 Å². The molecular weight excluding hydrogens is 271 g/mol. The molecule has 0 aliphatic heterocycles. The predicted octanol–water partition coefficient (Wildman–Crippen LogP) is 5.49. The van der Waals surface area contributed by atoms with E-state index in [0.29, 0.717) is 17.7 Å². The number of thiophene rings is 1. The molecule has 0 aliphatic rings. The van der Waals surface area contributed by atoms with Crippen molar-refractivity contribution in [1.82, 2.24) is 4.98 Å². The van der Waals surface area contributed by atoms with Gasteiger partial charge in [0.25, 0.3) is 0 Å². The number of hydrogen-bond acceptors (Lipinski definition) is 1. The van der Waals surface area contributed by atoms with Gasteiger partial charge in [-0.05, 0) is 30.4 Å². The van der Waals surface area contributed by atoms with E-state index in [-0.39, 0.29) is 0 Å². The summed E-state index contributed by atoms with van der Waals surface area (Å²) in [6.45, 7) is 2.08. The Balaban J connectivity index is 2.31. The van der Waals surface area contributed by atoms with Crippen molar-refractivity contribution in [2.75, 3.05) is 0 Å². The maximum atomic E-state index is 12.8. The number of nitrogens with one attached hydrogen (secondary N) is 1. The van der Waals surface area contributed by atoms with Crippen LogP contribution < -0.4 is 0 Å². The molecule has 0 saturated carbocycles. The van der Waals surface area contributed by atoms with Crippen molar-refractivity contribution in [3.63, 3.8) is 0 Å². The fourth-order valence-corrected chi connectivity index (χ4v) is 2.82. The van der Waals surface area contributed by atoms with Gasteiger partial charge in [0, 0.05) is 16.1 Å². The van der Waals surface area contributed by atoms with Gasteiger partial charge in [-0.25, -0.2) is 0 Å². The Morgan fingerprint density at radius 3 is 2.63 bits per heavy atom. The molecule has 0 aromatic carbocycles. The van der Waals surface area contributed by atoms with Crippen LogP contribution in [-0.4, -0.2) is 4.98 Å². The lowest BCUT2D eigenvalue weighted by Gasteiger charge is -2.03. The SMILES string of the molecule is CCCCCc1[nH]c(C(F)(F)F)cc1-c1cccs1. The molecule has 2 heterocycles. The van der Waals surface area contributed by atoms with Crippen LogP contribution in [0.4, 0.5) is 13.2 Å². The van der Waals surface area contributed by atoms with E-state index in [2.05, 4.69) is 11.9 Å². The first-order valence-corrected chi connectivity index (χ1v) is 7.23. The standard InChI is InChI=1S/C14H16F3NS/c1-2-3-4-6-11-10(12-7-5-8-19-12)9-13(18-11)14(15,16)17/h5,7-9,18H,2-4,6H2,1H3. The molecule has 19 heavy (non-hydrogen) atoms. The van der Waals surface area contributed by atoms with Gasteiger partial charge in [-0.15, -0.1) is 11.3 Å². The molecule has 0 aliphatic carbocycles. The molecule has 2 aromatic rings. The Morgan fingerprint density at radius 1 is 1.26 bits per heavy atom. The van der Waals surface area contributed by atoms with Crippen LogP contribution in [0.2, 0.25) is 0 Å². The number of H-pyrrole nitrogens is 1. The highest BCUT2D eigenvalue weighted by molar-refractivity contribution is 7.13. The van der Waals surface area contributed by atoms with Crippen molar-refractivity contribution in [3.05, 3.63) is 35.0 Å². The molecule has 0 saturated heterocycles. The van der Waals surface area contributed by atoms with Crippen molar-refractivity contribution < 1.29 is 13.2 Å². The molecule has 1 N–H and O–H groups in total. The molecule has 0 spiro atoms. The van der Waals surface area contributed by atoms with Crippen molar-refractivity contribution in [2.24, 2.45) is 0 Å². The van der Waals surface area contributed by atoms with E-state index in [1.54, 1.807) is 0 Å². The lowest BCUT2D eigenvalue weighted by Crippen LogP contribution is -2.05. The minimum absolute atomic E-state index is 0.651. The van der Waals surface area contributed by atoms with E-state index < -0.39 is 11.9 Å². The van der Waals surface area contributed by atoms with Gasteiger partial charge in [-0.3, -0.25) is 0 Å². The summed E-state index contributed by atoms with van der Waals surface area (Å²) in [7, 11) is 0. The highest BCUT2D eigenvalue weighted by atomic mass is 32.1. The number of aromatic nitrogens is 1. The quantitative estimate of drug-likeness (QED) is 0.699. The lowest BCUT2D eigenvalue weighted by molar-refractivity contribution is -0.140. The van der Waals surface area contributed by atoms with E-state index in [1.165, 1.54) is 17.4 Å². The average Bonchev–Trinajstić information content (AvgIpc) is 2.96. The molecule has 0 bridgehead atoms. The van der Waals surface area contributed by atoms with Crippen molar-refractivity contribution >= 4 is 11.3 Å². The van der Waals surface area contributed by atoms with Crippen LogP contribution in [-0.2, 0) is 12.6 Å². The highest BCUT2D eigenvalue weighted by Gasteiger charge is 2.33. The number of halogens is 3. The molecule has 0 unspecified atom stereocenters. The van der Waals surface area contributed by atoms with Gasteiger partial charge in [0.05, 0.1) is 0 Å². The zero-order valence-corrected chi connectivity index (χ0v) is 11.5. The molecule has 1 nitrogen and oxygen atoms in total. The molecule has 0 radical (unpaired) electrons. The molecule has 0 amide bonds. The van der Waals surface area contributed by atoms with E-state index >= 15 is 0 Å². The first kappa shape index (κ1) is 14.2. The lowest BCUT2D eigenvalue weighted by atomic mass is 10.1. The predicted molar refractivity (Wildman–Crippen MR) is 72.3 cm³/mol. The van der Waals surface area contributed by atoms with Crippen LogP contribution in [0.25, 0.3) is 10.4 Å². The Labute approximate surface area is 114 Å². The summed E-state index contributed by atoms with van der Waals surface area (Å²) >= 11 is 1.47. The summed E-state index contributed by atoms with van der Waals surface area (Å²) in [6, 6.07) is 4.94. The summed E-state index contributed by atoms with van der Waals surface area (Å²) in [5.41, 5.74) is 0.740. The van der Waals surface area contributed by atoms with E-state index in [1.807, 2.05) is 17.5 Å². The molecule has 2 aromatic heterocycles. The fourth-order valence-electron chi connectivity index (χ4n) is 2.05. The van der Waals surface area contributed by atoms with E-state index in [9.17, 15) is 13.2 Å². The van der Waals surface area contributed by atoms with Crippen LogP contribution in [0.5, 0.6) is 0 Å². The van der Waals surface area contributed by atoms with Crippen LogP contribution in [0.3, 0.4) is 0 Å². The monoisotopic (exact) mass is 287 g/mol. The summed E-state index contributed by atoms with van der Waals surface area (Å²) in [6.07, 6.45) is -0.649. The number of aryl methyl sites for hydroxylation is 1. The first-order valence-electron chi connectivity index (χ1n) is 6.35. The molecule has 0 fully saturated rings. The number of alkyl halides is 3. The number of aromatic amines is 1. The van der Waals surface area contributed by atoms with Gasteiger partial charge < -0.3 is 4.98 Å². The topological polar surface area (TPSA) is 15.8 Å². The van der Waals surface area contributed by atoms with Gasteiger partial charge in [-0.2, -0.15) is 13.2 Å². The zero-order chi connectivity index (χ0) is 13.9. The molecule has 2 rings (SSSR count). The smallest absolute Gasteiger partial charge is 0.354 e. The minimum atomic E-state index is -4.31. The molecule has 104 valence electrons. The second-order valence-corrected chi connectivity index (χ2v) is 5.46. The van der Waals surface area contributed by atoms with Gasteiger partial charge in [0.2, 0.25) is 0 Å². The van der Waals surface area contributed by atoms with Gasteiger partial charge in [0.1, 0.15) is 5.69 Å². The second-order valence-electron chi connectivity index (χ2n) is 4.51. The average molecular weight is 287 g/mol. The zero-order valence-electron chi connectivity index (χ0n) is 10.7. The fraction of sp³-hybridized carbons (Fsp3) is 0.429. The molecule has 5 heteroatoms. The van der Waals surface area contributed by atoms with Crippen molar-refractivity contribution in [3.8, 4) is 10.4 Å². The third-order valence-electron chi connectivity index (χ3n) is 3.02. The van der Waals surface area contributed by atoms with Crippen LogP contribution in [0.15, 0.2) is 23.6 Å². The van der Waals surface area contributed by atoms with Gasteiger partial charge >= 0.3 is 6.18 Å². The highest BCUT2D eigenvalue weighted by Crippen LogP contribution is 2.36. The number of unbranched alkanes of at least 4 members (excludes halogenated alkanes) is 2. The minimum Gasteiger partial charge on any atom is -0.354 e. The summed E-state index contributed by atoms with van der Waals surface area (Å²) in [5, 5.41) is 1.88. The number of rotatable bonds is 5. The molecular formula is C14H16F3NS. The summed E-state index contributed by atoms with van der Waals surface area (Å²) in [5.74, 6) is 0. The summed E-state index contributed by atoms with van der Waals surface area (Å²) < 4.78 is 38.4. The Hall–Kier alpha value is -1.23. The first-order chi connectivity index (χ1) is 9.02. The van der Waals surface area contributed by atoms with Crippen LogP contribution in [0.1, 0.15) is 37.6 Å². The summed E-state index contributed by atoms with van der Waals surface area (Å²) in [4.78, 5) is 3.44. The second kappa shape index (κ2) is 5.82. The maximum absolute atomic E-state index is 12.8. The van der Waals surface area contributed by atoms with Crippen molar-refractivity contribution in [1.29, 1.82) is 0 Å².